The first-order valence-corrected chi connectivity index (χ1v) is 10.5. The van der Waals surface area contributed by atoms with Gasteiger partial charge in [-0.2, -0.15) is 0 Å². The molecule has 3 aliphatic rings. The summed E-state index contributed by atoms with van der Waals surface area (Å²) >= 11 is 0. The van der Waals surface area contributed by atoms with Gasteiger partial charge in [-0.3, -0.25) is 9.59 Å². The Labute approximate surface area is 166 Å². The molecule has 1 aromatic rings. The van der Waals surface area contributed by atoms with Crippen molar-refractivity contribution in [3.05, 3.63) is 29.3 Å². The molecule has 28 heavy (non-hydrogen) atoms. The molecule has 6 nitrogen and oxygen atoms in total. The first-order chi connectivity index (χ1) is 13.5. The zero-order valence-corrected chi connectivity index (χ0v) is 16.6. The highest BCUT2D eigenvalue weighted by atomic mass is 16.5. The van der Waals surface area contributed by atoms with Gasteiger partial charge in [0.25, 0.3) is 5.91 Å². The Hall–Kier alpha value is -2.08. The number of nitrogens with one attached hydrogen (secondary N) is 2. The monoisotopic (exact) mass is 386 g/mol. The summed E-state index contributed by atoms with van der Waals surface area (Å²) in [5.41, 5.74) is 1.28. The number of hydrogen-bond acceptors (Lipinski definition) is 4. The second kappa shape index (κ2) is 8.11. The number of ether oxygens (including phenoxy) is 2. The summed E-state index contributed by atoms with van der Waals surface area (Å²) in [7, 11) is 0. The van der Waals surface area contributed by atoms with Crippen LogP contribution >= 0.6 is 0 Å². The highest BCUT2D eigenvalue weighted by Gasteiger charge is 2.40. The quantitative estimate of drug-likeness (QED) is 0.834. The minimum absolute atomic E-state index is 0.0693. The zero-order chi connectivity index (χ0) is 19.6. The molecule has 1 aliphatic carbocycles. The SMILES string of the molecule is Cc1ccc2c(c1)C(=O)NCC1(CCC(NC(=O)CC[C@@H]3CCCO3)CC1)O2. The Kier molecular flexibility index (Phi) is 5.58. The van der Waals surface area contributed by atoms with E-state index in [9.17, 15) is 9.59 Å². The average Bonchev–Trinajstić information content (AvgIpc) is 3.17. The maximum Gasteiger partial charge on any atom is 0.255 e. The highest BCUT2D eigenvalue weighted by molar-refractivity contribution is 5.97. The van der Waals surface area contributed by atoms with Crippen LogP contribution in [0.15, 0.2) is 18.2 Å². The van der Waals surface area contributed by atoms with Crippen molar-refractivity contribution in [1.82, 2.24) is 10.6 Å². The van der Waals surface area contributed by atoms with E-state index in [2.05, 4.69) is 10.6 Å². The van der Waals surface area contributed by atoms with E-state index in [4.69, 9.17) is 9.47 Å². The van der Waals surface area contributed by atoms with Gasteiger partial charge >= 0.3 is 0 Å². The maximum atomic E-state index is 12.4. The first kappa shape index (κ1) is 19.2. The Balaban J connectivity index is 1.31. The van der Waals surface area contributed by atoms with Gasteiger partial charge in [0.2, 0.25) is 5.91 Å². The number of amides is 2. The fourth-order valence-electron chi connectivity index (χ4n) is 4.55. The van der Waals surface area contributed by atoms with Crippen molar-refractivity contribution >= 4 is 11.8 Å². The second-order valence-electron chi connectivity index (χ2n) is 8.48. The van der Waals surface area contributed by atoms with Crippen LogP contribution in [-0.4, -0.2) is 42.7 Å². The summed E-state index contributed by atoms with van der Waals surface area (Å²) in [5.74, 6) is 0.715. The van der Waals surface area contributed by atoms with Crippen LogP contribution in [0.3, 0.4) is 0 Å². The van der Waals surface area contributed by atoms with Gasteiger partial charge in [-0.05, 0) is 64.0 Å². The number of fused-ring (bicyclic) bond motifs is 1. The number of rotatable bonds is 4. The van der Waals surface area contributed by atoms with Crippen molar-refractivity contribution in [2.75, 3.05) is 13.2 Å². The summed E-state index contributed by atoms with van der Waals surface area (Å²) < 4.78 is 12.0. The van der Waals surface area contributed by atoms with Crippen LogP contribution in [0.1, 0.15) is 67.3 Å². The molecule has 4 rings (SSSR count). The van der Waals surface area contributed by atoms with E-state index in [-0.39, 0.29) is 29.6 Å². The van der Waals surface area contributed by atoms with Gasteiger partial charge in [0.15, 0.2) is 0 Å². The molecule has 2 aliphatic heterocycles. The normalized spacial score (nSPS) is 29.5. The molecule has 0 aromatic heterocycles. The van der Waals surface area contributed by atoms with E-state index in [1.165, 1.54) is 0 Å². The number of carbonyl (C=O) groups excluding carboxylic acids is 2. The molecule has 1 aromatic carbocycles. The molecule has 2 fully saturated rings. The molecule has 6 heteroatoms. The Morgan fingerprint density at radius 3 is 2.86 bits per heavy atom. The smallest absolute Gasteiger partial charge is 0.255 e. The van der Waals surface area contributed by atoms with Gasteiger partial charge in [-0.1, -0.05) is 11.6 Å². The van der Waals surface area contributed by atoms with Crippen molar-refractivity contribution in [1.29, 1.82) is 0 Å². The molecule has 2 amide bonds. The van der Waals surface area contributed by atoms with Crippen LogP contribution in [0.25, 0.3) is 0 Å². The van der Waals surface area contributed by atoms with Gasteiger partial charge in [0, 0.05) is 19.1 Å². The van der Waals surface area contributed by atoms with Gasteiger partial charge in [-0.15, -0.1) is 0 Å². The average molecular weight is 386 g/mol. The van der Waals surface area contributed by atoms with E-state index < -0.39 is 0 Å². The molecule has 1 atom stereocenters. The zero-order valence-electron chi connectivity index (χ0n) is 16.6. The molecule has 0 bridgehead atoms. The lowest BCUT2D eigenvalue weighted by Gasteiger charge is -2.39. The van der Waals surface area contributed by atoms with Crippen molar-refractivity contribution in [3.8, 4) is 5.75 Å². The summed E-state index contributed by atoms with van der Waals surface area (Å²) in [6.45, 7) is 3.32. The Morgan fingerprint density at radius 2 is 2.11 bits per heavy atom. The summed E-state index contributed by atoms with van der Waals surface area (Å²) in [5, 5.41) is 6.21. The standard InChI is InChI=1S/C22H30N2O4/c1-15-4-6-19-18(13-15)21(26)23-14-22(28-19)10-8-16(9-11-22)24-20(25)7-5-17-3-2-12-27-17/h4,6,13,16-17H,2-3,5,7-12,14H2,1H3,(H,23,26)(H,24,25)/t16?,17-,22?/m0/s1. The van der Waals surface area contributed by atoms with Crippen molar-refractivity contribution in [2.45, 2.75) is 76.0 Å². The predicted octanol–water partition coefficient (Wildman–Crippen LogP) is 2.87. The Morgan fingerprint density at radius 1 is 1.29 bits per heavy atom. The van der Waals surface area contributed by atoms with E-state index in [1.807, 2.05) is 25.1 Å². The third-order valence-electron chi connectivity index (χ3n) is 6.26. The number of carbonyl (C=O) groups is 2. The summed E-state index contributed by atoms with van der Waals surface area (Å²) in [6.07, 6.45) is 7.14. The number of hydrogen-bond donors (Lipinski definition) is 2. The van der Waals surface area contributed by atoms with Crippen molar-refractivity contribution in [2.24, 2.45) is 0 Å². The number of benzene rings is 1. The van der Waals surface area contributed by atoms with Crippen molar-refractivity contribution < 1.29 is 19.1 Å². The lowest BCUT2D eigenvalue weighted by atomic mass is 9.81. The van der Waals surface area contributed by atoms with Crippen molar-refractivity contribution in [3.63, 3.8) is 0 Å². The minimum atomic E-state index is -0.380. The number of aryl methyl sites for hydroxylation is 1. The lowest BCUT2D eigenvalue weighted by molar-refractivity contribution is -0.123. The largest absolute Gasteiger partial charge is 0.485 e. The molecule has 1 spiro atoms. The Bertz CT molecular complexity index is 734. The molecular formula is C22H30N2O4. The van der Waals surface area contributed by atoms with Gasteiger partial charge in [-0.25, -0.2) is 0 Å². The van der Waals surface area contributed by atoms with E-state index in [0.717, 1.165) is 57.1 Å². The van der Waals surface area contributed by atoms with Gasteiger partial charge in [0.05, 0.1) is 18.2 Å². The topological polar surface area (TPSA) is 76.7 Å². The van der Waals surface area contributed by atoms with Crippen LogP contribution in [0.5, 0.6) is 5.75 Å². The minimum Gasteiger partial charge on any atom is -0.485 e. The van der Waals surface area contributed by atoms with Crippen LogP contribution in [-0.2, 0) is 9.53 Å². The molecule has 1 saturated carbocycles. The molecule has 0 unspecified atom stereocenters. The fourth-order valence-corrected chi connectivity index (χ4v) is 4.55. The second-order valence-corrected chi connectivity index (χ2v) is 8.48. The predicted molar refractivity (Wildman–Crippen MR) is 105 cm³/mol. The van der Waals surface area contributed by atoms with Crippen LogP contribution in [0.2, 0.25) is 0 Å². The molecular weight excluding hydrogens is 356 g/mol. The lowest BCUT2D eigenvalue weighted by Crippen LogP contribution is -2.51. The third-order valence-corrected chi connectivity index (χ3v) is 6.26. The van der Waals surface area contributed by atoms with Gasteiger partial charge < -0.3 is 20.1 Å². The summed E-state index contributed by atoms with van der Waals surface area (Å²) in [4.78, 5) is 24.7. The highest BCUT2D eigenvalue weighted by Crippen LogP contribution is 2.36. The van der Waals surface area contributed by atoms with Crippen LogP contribution < -0.4 is 15.4 Å². The fraction of sp³-hybridized carbons (Fsp3) is 0.636. The van der Waals surface area contributed by atoms with E-state index in [1.54, 1.807) is 0 Å². The molecule has 1 saturated heterocycles. The van der Waals surface area contributed by atoms with Crippen LogP contribution in [0.4, 0.5) is 0 Å². The molecule has 2 N–H and O–H groups in total. The van der Waals surface area contributed by atoms with E-state index in [0.29, 0.717) is 24.3 Å². The molecule has 2 heterocycles. The summed E-state index contributed by atoms with van der Waals surface area (Å²) in [6, 6.07) is 5.94. The third kappa shape index (κ3) is 4.32. The molecule has 152 valence electrons. The van der Waals surface area contributed by atoms with Gasteiger partial charge in [0.1, 0.15) is 11.4 Å². The first-order valence-electron chi connectivity index (χ1n) is 10.5. The van der Waals surface area contributed by atoms with Crippen LogP contribution in [0, 0.1) is 6.92 Å². The molecule has 0 radical (unpaired) electrons. The maximum absolute atomic E-state index is 12.4. The van der Waals surface area contributed by atoms with E-state index >= 15 is 0 Å².